The molecule has 2 heterocycles. The van der Waals surface area contributed by atoms with Crippen LogP contribution in [0.2, 0.25) is 0 Å². The van der Waals surface area contributed by atoms with Crippen LogP contribution in [0.5, 0.6) is 5.75 Å². The minimum atomic E-state index is -0.821. The lowest BCUT2D eigenvalue weighted by Crippen LogP contribution is -2.28. The van der Waals surface area contributed by atoms with Gasteiger partial charge in [-0.3, -0.25) is 9.59 Å². The van der Waals surface area contributed by atoms with E-state index in [-0.39, 0.29) is 30.5 Å². The quantitative estimate of drug-likeness (QED) is 0.918. The lowest BCUT2D eigenvalue weighted by molar-refractivity contribution is -0.122. The van der Waals surface area contributed by atoms with Crippen molar-refractivity contribution < 1.29 is 23.1 Å². The summed E-state index contributed by atoms with van der Waals surface area (Å²) in [5, 5.41) is 2.80. The Labute approximate surface area is 148 Å². The van der Waals surface area contributed by atoms with Crippen LogP contribution in [0.15, 0.2) is 36.4 Å². The van der Waals surface area contributed by atoms with Crippen molar-refractivity contribution in [3.05, 3.63) is 53.6 Å². The van der Waals surface area contributed by atoms with Gasteiger partial charge in [-0.2, -0.15) is 0 Å². The number of nitrogens with one attached hydrogen (secondary N) is 1. The fourth-order valence-corrected chi connectivity index (χ4v) is 3.32. The van der Waals surface area contributed by atoms with E-state index in [2.05, 4.69) is 5.32 Å². The predicted molar refractivity (Wildman–Crippen MR) is 91.1 cm³/mol. The first kappa shape index (κ1) is 16.5. The molecule has 134 valence electrons. The molecule has 0 aliphatic carbocycles. The van der Waals surface area contributed by atoms with Gasteiger partial charge in [0.05, 0.1) is 18.2 Å². The van der Waals surface area contributed by atoms with Crippen molar-refractivity contribution in [1.82, 2.24) is 0 Å². The maximum atomic E-state index is 13.9. The number of amides is 2. The number of benzene rings is 2. The monoisotopic (exact) mass is 358 g/mol. The Hall–Kier alpha value is -2.96. The lowest BCUT2D eigenvalue weighted by Gasteiger charge is -2.17. The molecule has 1 N–H and O–H groups in total. The van der Waals surface area contributed by atoms with E-state index in [1.165, 1.54) is 11.0 Å². The van der Waals surface area contributed by atoms with Crippen molar-refractivity contribution in [3.8, 4) is 5.75 Å². The topological polar surface area (TPSA) is 58.6 Å². The summed E-state index contributed by atoms with van der Waals surface area (Å²) in [4.78, 5) is 25.9. The molecule has 0 saturated carbocycles. The minimum Gasteiger partial charge on any atom is -0.493 e. The molecule has 1 atom stereocenters. The maximum absolute atomic E-state index is 13.9. The Morgan fingerprint density at radius 1 is 1.19 bits per heavy atom. The van der Waals surface area contributed by atoms with Crippen LogP contribution >= 0.6 is 0 Å². The molecule has 0 radical (unpaired) electrons. The summed E-state index contributed by atoms with van der Waals surface area (Å²) in [6.45, 7) is 0.684. The number of rotatable bonds is 3. The summed E-state index contributed by atoms with van der Waals surface area (Å²) >= 11 is 0. The Morgan fingerprint density at radius 3 is 2.85 bits per heavy atom. The average Bonchev–Trinajstić information content (AvgIpc) is 3.21. The molecule has 2 amide bonds. The highest BCUT2D eigenvalue weighted by atomic mass is 19.1. The molecule has 26 heavy (non-hydrogen) atoms. The molecule has 0 aromatic heterocycles. The smallest absolute Gasteiger partial charge is 0.229 e. The second-order valence-electron chi connectivity index (χ2n) is 6.41. The van der Waals surface area contributed by atoms with Crippen LogP contribution in [0.3, 0.4) is 0 Å². The lowest BCUT2D eigenvalue weighted by atomic mass is 10.1. The maximum Gasteiger partial charge on any atom is 0.229 e. The summed E-state index contributed by atoms with van der Waals surface area (Å²) in [6.07, 6.45) is 0.773. The van der Waals surface area contributed by atoms with Gasteiger partial charge < -0.3 is 15.0 Å². The largest absolute Gasteiger partial charge is 0.493 e. The van der Waals surface area contributed by atoms with Crippen molar-refractivity contribution in [3.63, 3.8) is 0 Å². The van der Waals surface area contributed by atoms with Gasteiger partial charge >= 0.3 is 0 Å². The summed E-state index contributed by atoms with van der Waals surface area (Å²) in [7, 11) is 0. The van der Waals surface area contributed by atoms with Crippen molar-refractivity contribution in [2.75, 3.05) is 23.4 Å². The van der Waals surface area contributed by atoms with Gasteiger partial charge in [-0.05, 0) is 35.9 Å². The number of carbonyl (C=O) groups is 2. The first-order chi connectivity index (χ1) is 12.5. The number of fused-ring (bicyclic) bond motifs is 1. The number of hydrogen-bond acceptors (Lipinski definition) is 3. The van der Waals surface area contributed by atoms with Gasteiger partial charge in [0, 0.05) is 31.1 Å². The summed E-state index contributed by atoms with van der Waals surface area (Å²) in [5.74, 6) is -1.99. The van der Waals surface area contributed by atoms with Gasteiger partial charge in [-0.25, -0.2) is 8.78 Å². The third-order valence-corrected chi connectivity index (χ3v) is 4.65. The zero-order chi connectivity index (χ0) is 18.3. The van der Waals surface area contributed by atoms with Crippen LogP contribution in [-0.2, 0) is 16.0 Å². The van der Waals surface area contributed by atoms with Crippen molar-refractivity contribution in [1.29, 1.82) is 0 Å². The van der Waals surface area contributed by atoms with E-state index in [0.29, 0.717) is 12.3 Å². The molecule has 2 aromatic carbocycles. The fraction of sp³-hybridized carbons (Fsp3) is 0.263. The average molecular weight is 358 g/mol. The molecule has 2 aliphatic heterocycles. The Balaban J connectivity index is 1.47. The van der Waals surface area contributed by atoms with E-state index in [9.17, 15) is 18.4 Å². The van der Waals surface area contributed by atoms with Crippen molar-refractivity contribution in [2.45, 2.75) is 12.8 Å². The number of halogens is 2. The Morgan fingerprint density at radius 2 is 2.04 bits per heavy atom. The molecular weight excluding hydrogens is 342 g/mol. The zero-order valence-corrected chi connectivity index (χ0v) is 13.8. The van der Waals surface area contributed by atoms with E-state index in [0.717, 1.165) is 29.9 Å². The number of ether oxygens (including phenoxy) is 1. The molecule has 4 rings (SSSR count). The van der Waals surface area contributed by atoms with Gasteiger partial charge in [0.25, 0.3) is 0 Å². The number of nitrogens with zero attached hydrogens (tertiary/aromatic N) is 1. The number of carbonyl (C=O) groups excluding carboxylic acids is 2. The molecule has 2 aromatic rings. The molecule has 1 unspecified atom stereocenters. The van der Waals surface area contributed by atoms with Crippen LogP contribution < -0.4 is 15.0 Å². The van der Waals surface area contributed by atoms with E-state index in [4.69, 9.17) is 4.74 Å². The molecule has 5 nitrogen and oxygen atoms in total. The van der Waals surface area contributed by atoms with Crippen LogP contribution in [0.4, 0.5) is 20.2 Å². The number of hydrogen-bond donors (Lipinski definition) is 1. The van der Waals surface area contributed by atoms with Gasteiger partial charge in [-0.1, -0.05) is 0 Å². The van der Waals surface area contributed by atoms with Crippen LogP contribution in [-0.4, -0.2) is 25.0 Å². The summed E-state index contributed by atoms with van der Waals surface area (Å²) in [5.41, 5.74) is 1.65. The second kappa shape index (κ2) is 6.40. The second-order valence-corrected chi connectivity index (χ2v) is 6.41. The molecule has 2 aliphatic rings. The van der Waals surface area contributed by atoms with E-state index < -0.39 is 17.6 Å². The highest BCUT2D eigenvalue weighted by Crippen LogP contribution is 2.30. The predicted octanol–water partition coefficient (Wildman–Crippen LogP) is 2.89. The Kier molecular flexibility index (Phi) is 4.06. The Bertz CT molecular complexity index is 900. The van der Waals surface area contributed by atoms with Gasteiger partial charge in [-0.15, -0.1) is 0 Å². The molecule has 0 spiro atoms. The molecule has 7 heteroatoms. The van der Waals surface area contributed by atoms with Crippen molar-refractivity contribution in [2.24, 2.45) is 5.92 Å². The number of anilines is 2. The summed E-state index contributed by atoms with van der Waals surface area (Å²) < 4.78 is 32.4. The molecule has 1 fully saturated rings. The minimum absolute atomic E-state index is 0.0126. The molecule has 1 saturated heterocycles. The standard InChI is InChI=1S/C19H16F2N2O3/c20-13-1-3-16(15(21)9-13)23-10-12(8-18(23)24)19(25)22-14-2-4-17-11(7-14)5-6-26-17/h1-4,7,9,12H,5-6,8,10H2,(H,22,25). The summed E-state index contributed by atoms with van der Waals surface area (Å²) in [6, 6.07) is 8.43. The molecule has 0 bridgehead atoms. The fourth-order valence-electron chi connectivity index (χ4n) is 3.32. The third kappa shape index (κ3) is 3.00. The third-order valence-electron chi connectivity index (χ3n) is 4.65. The highest BCUT2D eigenvalue weighted by Gasteiger charge is 2.36. The van der Waals surface area contributed by atoms with E-state index >= 15 is 0 Å². The van der Waals surface area contributed by atoms with Crippen LogP contribution in [0.1, 0.15) is 12.0 Å². The van der Waals surface area contributed by atoms with Crippen LogP contribution in [0, 0.1) is 17.6 Å². The van der Waals surface area contributed by atoms with Crippen molar-refractivity contribution >= 4 is 23.2 Å². The first-order valence-corrected chi connectivity index (χ1v) is 8.33. The molecular formula is C19H16F2N2O3. The van der Waals surface area contributed by atoms with Gasteiger partial charge in [0.2, 0.25) is 11.8 Å². The van der Waals surface area contributed by atoms with Gasteiger partial charge in [0.1, 0.15) is 17.4 Å². The van der Waals surface area contributed by atoms with E-state index in [1.807, 2.05) is 6.07 Å². The van der Waals surface area contributed by atoms with Crippen LogP contribution in [0.25, 0.3) is 0 Å². The zero-order valence-electron chi connectivity index (χ0n) is 13.8. The highest BCUT2D eigenvalue weighted by molar-refractivity contribution is 6.03. The normalized spacial score (nSPS) is 18.6. The first-order valence-electron chi connectivity index (χ1n) is 8.33. The van der Waals surface area contributed by atoms with E-state index in [1.54, 1.807) is 12.1 Å². The SMILES string of the molecule is O=C(Nc1ccc2c(c1)CCO2)C1CC(=O)N(c2ccc(F)cc2F)C1. The van der Waals surface area contributed by atoms with Gasteiger partial charge in [0.15, 0.2) is 0 Å².